The van der Waals surface area contributed by atoms with Crippen LogP contribution in [0.15, 0.2) is 23.1 Å². The van der Waals surface area contributed by atoms with Gasteiger partial charge in [-0.25, -0.2) is 8.42 Å². The molecule has 5 nitrogen and oxygen atoms in total. The average Bonchev–Trinajstić information content (AvgIpc) is 2.38. The number of anilines is 1. The highest BCUT2D eigenvalue weighted by Crippen LogP contribution is 2.27. The summed E-state index contributed by atoms with van der Waals surface area (Å²) in [5, 5.41) is 2.61. The topological polar surface area (TPSA) is 72.5 Å². The quantitative estimate of drug-likeness (QED) is 0.860. The summed E-state index contributed by atoms with van der Waals surface area (Å²) in [5.74, 6) is -0.262. The molecule has 0 saturated carbocycles. The predicted octanol–water partition coefficient (Wildman–Crippen LogP) is 2.78. The van der Waals surface area contributed by atoms with E-state index >= 15 is 0 Å². The minimum atomic E-state index is -3.90. The number of nitrogens with one attached hydrogen (secondary N) is 1. The molecule has 1 saturated heterocycles. The maximum absolute atomic E-state index is 11.9. The molecule has 1 heterocycles. The van der Waals surface area contributed by atoms with E-state index in [9.17, 15) is 13.2 Å². The highest BCUT2D eigenvalue weighted by atomic mass is 35.7. The minimum absolute atomic E-state index is 0.0395. The van der Waals surface area contributed by atoms with Crippen molar-refractivity contribution in [3.05, 3.63) is 23.2 Å². The summed E-state index contributed by atoms with van der Waals surface area (Å²) >= 11 is 5.84. The molecular formula is C12H13Cl2NO4S. The van der Waals surface area contributed by atoms with Crippen molar-refractivity contribution >= 4 is 42.9 Å². The largest absolute Gasteiger partial charge is 0.368 e. The van der Waals surface area contributed by atoms with Gasteiger partial charge in [0.05, 0.1) is 5.02 Å². The third-order valence-electron chi connectivity index (χ3n) is 2.93. The SMILES string of the molecule is O=C(Nc1ccc(S(=O)(=O)Cl)c(Cl)c1)C1CCCCO1. The van der Waals surface area contributed by atoms with Crippen molar-refractivity contribution in [2.45, 2.75) is 30.3 Å². The molecule has 110 valence electrons. The molecule has 1 N–H and O–H groups in total. The van der Waals surface area contributed by atoms with Crippen LogP contribution in [0.5, 0.6) is 0 Å². The van der Waals surface area contributed by atoms with E-state index in [-0.39, 0.29) is 15.8 Å². The van der Waals surface area contributed by atoms with Gasteiger partial charge >= 0.3 is 0 Å². The molecule has 20 heavy (non-hydrogen) atoms. The summed E-state index contributed by atoms with van der Waals surface area (Å²) < 4.78 is 27.8. The van der Waals surface area contributed by atoms with E-state index in [2.05, 4.69) is 5.32 Å². The normalized spacial score (nSPS) is 19.6. The molecule has 1 aromatic rings. The zero-order chi connectivity index (χ0) is 14.8. The molecule has 0 radical (unpaired) electrons. The van der Waals surface area contributed by atoms with Crippen molar-refractivity contribution in [1.29, 1.82) is 0 Å². The van der Waals surface area contributed by atoms with Crippen LogP contribution in [0.25, 0.3) is 0 Å². The van der Waals surface area contributed by atoms with Gasteiger partial charge < -0.3 is 10.1 Å². The van der Waals surface area contributed by atoms with E-state index in [1.807, 2.05) is 0 Å². The Labute approximate surface area is 126 Å². The first-order valence-electron chi connectivity index (χ1n) is 6.04. The van der Waals surface area contributed by atoms with Crippen LogP contribution >= 0.6 is 22.3 Å². The van der Waals surface area contributed by atoms with Gasteiger partial charge in [0.25, 0.3) is 15.0 Å². The number of halogens is 2. The summed E-state index contributed by atoms with van der Waals surface area (Å²) in [7, 11) is 1.33. The van der Waals surface area contributed by atoms with Crippen LogP contribution < -0.4 is 5.32 Å². The molecule has 1 fully saturated rings. The Hall–Kier alpha value is -0.820. The van der Waals surface area contributed by atoms with Crippen LogP contribution in [0.2, 0.25) is 5.02 Å². The van der Waals surface area contributed by atoms with Crippen LogP contribution in [0.4, 0.5) is 5.69 Å². The molecule has 0 aromatic heterocycles. The summed E-state index contributed by atoms with van der Waals surface area (Å²) in [6.45, 7) is 0.572. The zero-order valence-corrected chi connectivity index (χ0v) is 12.8. The molecule has 1 amide bonds. The number of hydrogen-bond donors (Lipinski definition) is 1. The Kier molecular flexibility index (Phi) is 4.90. The van der Waals surface area contributed by atoms with Gasteiger partial charge in [-0.05, 0) is 37.5 Å². The fourth-order valence-electron chi connectivity index (χ4n) is 1.95. The third-order valence-corrected chi connectivity index (χ3v) is 4.74. The van der Waals surface area contributed by atoms with E-state index in [0.717, 1.165) is 12.8 Å². The van der Waals surface area contributed by atoms with E-state index < -0.39 is 15.2 Å². The molecule has 0 spiro atoms. The fraction of sp³-hybridized carbons (Fsp3) is 0.417. The lowest BCUT2D eigenvalue weighted by molar-refractivity contribution is -0.129. The lowest BCUT2D eigenvalue weighted by Gasteiger charge is -2.21. The molecule has 1 unspecified atom stereocenters. The van der Waals surface area contributed by atoms with Gasteiger partial charge in [0, 0.05) is 23.0 Å². The van der Waals surface area contributed by atoms with Crippen molar-refractivity contribution < 1.29 is 17.9 Å². The van der Waals surface area contributed by atoms with E-state index in [1.54, 1.807) is 0 Å². The molecule has 1 aromatic carbocycles. The first-order chi connectivity index (χ1) is 9.38. The molecule has 1 aliphatic rings. The number of ether oxygens (including phenoxy) is 1. The number of hydrogen-bond acceptors (Lipinski definition) is 4. The first kappa shape index (κ1) is 15.6. The number of rotatable bonds is 3. The monoisotopic (exact) mass is 337 g/mol. The number of carbonyl (C=O) groups excluding carboxylic acids is 1. The second-order valence-electron chi connectivity index (χ2n) is 4.43. The van der Waals surface area contributed by atoms with E-state index in [4.69, 9.17) is 27.0 Å². The molecule has 2 rings (SSSR count). The van der Waals surface area contributed by atoms with Crippen molar-refractivity contribution in [1.82, 2.24) is 0 Å². The van der Waals surface area contributed by atoms with Gasteiger partial charge in [-0.3, -0.25) is 4.79 Å². The molecule has 1 atom stereocenters. The van der Waals surface area contributed by atoms with Crippen molar-refractivity contribution in [2.75, 3.05) is 11.9 Å². The average molecular weight is 338 g/mol. The number of carbonyl (C=O) groups is 1. The Morgan fingerprint density at radius 2 is 2.10 bits per heavy atom. The molecule has 8 heteroatoms. The van der Waals surface area contributed by atoms with Crippen LogP contribution in [0.1, 0.15) is 19.3 Å². The Bertz CT molecular complexity index is 612. The van der Waals surface area contributed by atoms with E-state index in [1.165, 1.54) is 18.2 Å². The van der Waals surface area contributed by atoms with Gasteiger partial charge in [-0.15, -0.1) is 0 Å². The molecular weight excluding hydrogens is 325 g/mol. The highest BCUT2D eigenvalue weighted by molar-refractivity contribution is 8.13. The van der Waals surface area contributed by atoms with Crippen molar-refractivity contribution in [3.63, 3.8) is 0 Å². The molecule has 0 aliphatic carbocycles. The fourth-order valence-corrected chi connectivity index (χ4v) is 3.48. The van der Waals surface area contributed by atoms with Gasteiger partial charge in [-0.1, -0.05) is 11.6 Å². The Morgan fingerprint density at radius 3 is 2.65 bits per heavy atom. The lowest BCUT2D eigenvalue weighted by Crippen LogP contribution is -2.33. The summed E-state index contributed by atoms with van der Waals surface area (Å²) in [6, 6.07) is 4.03. The molecule has 1 aliphatic heterocycles. The van der Waals surface area contributed by atoms with Gasteiger partial charge in [-0.2, -0.15) is 0 Å². The zero-order valence-electron chi connectivity index (χ0n) is 10.4. The lowest BCUT2D eigenvalue weighted by atomic mass is 10.1. The maximum Gasteiger partial charge on any atom is 0.262 e. The second-order valence-corrected chi connectivity index (χ2v) is 7.37. The van der Waals surface area contributed by atoms with Crippen molar-refractivity contribution in [3.8, 4) is 0 Å². The summed E-state index contributed by atoms with van der Waals surface area (Å²) in [6.07, 6.45) is 2.10. The predicted molar refractivity (Wildman–Crippen MR) is 76.7 cm³/mol. The standard InChI is InChI=1S/C12H13Cl2NO4S/c13-9-7-8(4-5-11(9)20(14,17)18)15-12(16)10-3-1-2-6-19-10/h4-5,7,10H,1-3,6H2,(H,15,16). The maximum atomic E-state index is 11.9. The summed E-state index contributed by atoms with van der Waals surface area (Å²) in [5.41, 5.74) is 0.401. The first-order valence-corrected chi connectivity index (χ1v) is 8.73. The Morgan fingerprint density at radius 1 is 1.35 bits per heavy atom. The van der Waals surface area contributed by atoms with Crippen LogP contribution in [-0.2, 0) is 18.6 Å². The van der Waals surface area contributed by atoms with Gasteiger partial charge in [0.15, 0.2) is 0 Å². The number of amides is 1. The smallest absolute Gasteiger partial charge is 0.262 e. The van der Waals surface area contributed by atoms with Crippen LogP contribution in [0.3, 0.4) is 0 Å². The Balaban J connectivity index is 2.10. The van der Waals surface area contributed by atoms with Crippen LogP contribution in [-0.4, -0.2) is 27.0 Å². The van der Waals surface area contributed by atoms with E-state index in [0.29, 0.717) is 18.7 Å². The highest BCUT2D eigenvalue weighted by Gasteiger charge is 2.22. The van der Waals surface area contributed by atoms with Crippen LogP contribution in [0, 0.1) is 0 Å². The second kappa shape index (κ2) is 6.30. The number of benzene rings is 1. The summed E-state index contributed by atoms with van der Waals surface area (Å²) in [4.78, 5) is 11.7. The third kappa shape index (κ3) is 3.85. The minimum Gasteiger partial charge on any atom is -0.368 e. The van der Waals surface area contributed by atoms with Gasteiger partial charge in [0.2, 0.25) is 0 Å². The molecule has 0 bridgehead atoms. The van der Waals surface area contributed by atoms with Crippen molar-refractivity contribution in [2.24, 2.45) is 0 Å². The van der Waals surface area contributed by atoms with Gasteiger partial charge in [0.1, 0.15) is 11.0 Å².